The average Bonchev–Trinajstić information content (AvgIpc) is 3.59. The Hall–Kier alpha value is -4.92. The predicted octanol–water partition coefficient (Wildman–Crippen LogP) is 3.92. The van der Waals surface area contributed by atoms with Crippen molar-refractivity contribution in [1.82, 2.24) is 30.0 Å². The first-order valence-corrected chi connectivity index (χ1v) is 18.3. The van der Waals surface area contributed by atoms with E-state index in [2.05, 4.69) is 38.0 Å². The molecule has 0 aliphatic carbocycles. The lowest BCUT2D eigenvalue weighted by molar-refractivity contribution is -0.192. The maximum atomic E-state index is 14.2. The molecule has 2 heterocycles. The molecule has 1 aromatic heterocycles. The van der Waals surface area contributed by atoms with E-state index >= 15 is 0 Å². The van der Waals surface area contributed by atoms with Crippen LogP contribution in [0.4, 0.5) is 5.82 Å². The molecular formula is C41H53N7O6. The lowest BCUT2D eigenvalue weighted by atomic mass is 10.0. The van der Waals surface area contributed by atoms with Crippen LogP contribution in [0.3, 0.4) is 0 Å². The van der Waals surface area contributed by atoms with Crippen LogP contribution < -0.4 is 16.0 Å². The van der Waals surface area contributed by atoms with Crippen LogP contribution in [-0.2, 0) is 37.0 Å². The Morgan fingerprint density at radius 1 is 0.833 bits per heavy atom. The first kappa shape index (κ1) is 40.3. The van der Waals surface area contributed by atoms with Crippen LogP contribution in [0.25, 0.3) is 0 Å². The van der Waals surface area contributed by atoms with Crippen molar-refractivity contribution in [2.75, 3.05) is 38.1 Å². The second kappa shape index (κ2) is 18.4. The smallest absolute Gasteiger partial charge is 0.250 e. The van der Waals surface area contributed by atoms with Crippen molar-refractivity contribution in [2.24, 2.45) is 0 Å². The van der Waals surface area contributed by atoms with Gasteiger partial charge < -0.3 is 34.7 Å². The van der Waals surface area contributed by atoms with Gasteiger partial charge in [0.05, 0.1) is 30.7 Å². The lowest BCUT2D eigenvalue weighted by Crippen LogP contribution is -2.61. The monoisotopic (exact) mass is 739 g/mol. The molecule has 13 nitrogen and oxygen atoms in total. The Morgan fingerprint density at radius 2 is 1.43 bits per heavy atom. The molecule has 1 aliphatic rings. The number of piperazine rings is 1. The molecular weight excluding hydrogens is 686 g/mol. The van der Waals surface area contributed by atoms with Crippen molar-refractivity contribution < 1.29 is 29.0 Å². The van der Waals surface area contributed by atoms with Gasteiger partial charge in [0.25, 0.3) is 5.91 Å². The fourth-order valence-corrected chi connectivity index (χ4v) is 6.10. The number of hydrogen-bond acceptors (Lipinski definition) is 9. The molecule has 0 radical (unpaired) electrons. The van der Waals surface area contributed by atoms with Gasteiger partial charge in [0, 0.05) is 38.9 Å². The maximum Gasteiger partial charge on any atom is 0.250 e. The minimum atomic E-state index is -1.44. The molecule has 4 N–H and O–H groups in total. The van der Waals surface area contributed by atoms with Gasteiger partial charge >= 0.3 is 0 Å². The lowest BCUT2D eigenvalue weighted by Gasteiger charge is -2.36. The summed E-state index contributed by atoms with van der Waals surface area (Å²) in [6.45, 7) is 12.1. The molecule has 3 aromatic carbocycles. The van der Waals surface area contributed by atoms with Gasteiger partial charge in [0.1, 0.15) is 12.1 Å². The number of anilines is 1. The molecule has 3 amide bonds. The van der Waals surface area contributed by atoms with Crippen LogP contribution in [0, 0.1) is 0 Å². The van der Waals surface area contributed by atoms with Crippen molar-refractivity contribution in [3.05, 3.63) is 120 Å². The van der Waals surface area contributed by atoms with E-state index in [1.165, 1.54) is 11.9 Å². The summed E-state index contributed by atoms with van der Waals surface area (Å²) in [5, 5.41) is 18.8. The van der Waals surface area contributed by atoms with Crippen molar-refractivity contribution in [3.63, 3.8) is 0 Å². The van der Waals surface area contributed by atoms with Gasteiger partial charge in [0.2, 0.25) is 18.2 Å². The number of carbonyl (C=O) groups is 3. The van der Waals surface area contributed by atoms with E-state index < -0.39 is 41.5 Å². The van der Waals surface area contributed by atoms with Crippen LogP contribution in [-0.4, -0.2) is 98.6 Å². The first-order valence-electron chi connectivity index (χ1n) is 18.3. The summed E-state index contributed by atoms with van der Waals surface area (Å²) in [6, 6.07) is 27.4. The summed E-state index contributed by atoms with van der Waals surface area (Å²) < 4.78 is 13.1. The van der Waals surface area contributed by atoms with Crippen LogP contribution in [0.5, 0.6) is 0 Å². The topological polar surface area (TPSA) is 150 Å². The number of nitrogens with one attached hydrogen (secondary N) is 3. The molecule has 0 bridgehead atoms. The highest BCUT2D eigenvalue weighted by Gasteiger charge is 2.35. The van der Waals surface area contributed by atoms with Gasteiger partial charge in [0.15, 0.2) is 5.82 Å². The molecule has 3 atom stereocenters. The number of nitrogens with zero attached hydrogens (tertiary/aromatic N) is 4. The van der Waals surface area contributed by atoms with E-state index in [0.717, 1.165) is 30.8 Å². The minimum Gasteiger partial charge on any atom is -0.374 e. The predicted molar refractivity (Wildman–Crippen MR) is 206 cm³/mol. The zero-order chi connectivity index (χ0) is 38.7. The summed E-state index contributed by atoms with van der Waals surface area (Å²) >= 11 is 0. The van der Waals surface area contributed by atoms with Crippen molar-refractivity contribution >= 4 is 23.5 Å². The molecule has 288 valence electrons. The highest BCUT2D eigenvalue weighted by atomic mass is 16.6. The third kappa shape index (κ3) is 11.8. The van der Waals surface area contributed by atoms with E-state index in [1.807, 2.05) is 83.8 Å². The quantitative estimate of drug-likeness (QED) is 0.126. The van der Waals surface area contributed by atoms with Gasteiger partial charge in [-0.1, -0.05) is 91.0 Å². The summed E-state index contributed by atoms with van der Waals surface area (Å²) in [7, 11) is 0. The van der Waals surface area contributed by atoms with Gasteiger partial charge in [-0.3, -0.25) is 24.6 Å². The first-order chi connectivity index (χ1) is 25.8. The van der Waals surface area contributed by atoms with Crippen molar-refractivity contribution in [1.29, 1.82) is 0 Å². The number of benzene rings is 3. The van der Waals surface area contributed by atoms with Crippen molar-refractivity contribution in [2.45, 2.75) is 77.4 Å². The Kier molecular flexibility index (Phi) is 13.7. The molecule has 0 spiro atoms. The standard InChI is InChI=1S/C41H53N7O6/c1-40(2,3)54-39(52)45-41(4,5)38(51)43-33(28-53-27-31-17-11-7-12-18-31)36(49)44-34-26-48(29-42-34)35(32-19-13-8-14-20-32)37(50)47-23-21-46(22-24-47)25-30-15-9-6-10-16-30/h6-20,26,29,33,35,39,45,52H,21-25,27-28H2,1-5H3,(H,43,51)(H,44,49)/t33-,35?,39?/m1/s1. The molecule has 54 heavy (non-hydrogen) atoms. The fraction of sp³-hybridized carbons (Fsp3) is 0.415. The number of imidazole rings is 1. The normalized spacial score (nSPS) is 15.6. The zero-order valence-corrected chi connectivity index (χ0v) is 31.8. The van der Waals surface area contributed by atoms with E-state index in [0.29, 0.717) is 13.1 Å². The number of carbonyl (C=O) groups excluding carboxylic acids is 3. The Bertz CT molecular complexity index is 1790. The van der Waals surface area contributed by atoms with Crippen LogP contribution in [0.2, 0.25) is 0 Å². The summed E-state index contributed by atoms with van der Waals surface area (Å²) in [5.74, 6) is -0.995. The molecule has 13 heteroatoms. The van der Waals surface area contributed by atoms with E-state index in [4.69, 9.17) is 9.47 Å². The number of amides is 3. The van der Waals surface area contributed by atoms with E-state index in [9.17, 15) is 19.5 Å². The second-order valence-corrected chi connectivity index (χ2v) is 15.0. The number of hydrogen-bond donors (Lipinski definition) is 4. The average molecular weight is 740 g/mol. The number of ether oxygens (including phenoxy) is 2. The Labute approximate surface area is 317 Å². The minimum absolute atomic E-state index is 0.0670. The van der Waals surface area contributed by atoms with Gasteiger partial charge in [-0.15, -0.1) is 0 Å². The number of aliphatic hydroxyl groups excluding tert-OH is 1. The van der Waals surface area contributed by atoms with E-state index in [1.54, 1.807) is 45.4 Å². The molecule has 5 rings (SSSR count). The summed E-state index contributed by atoms with van der Waals surface area (Å²) in [6.07, 6.45) is 1.71. The Morgan fingerprint density at radius 3 is 2.04 bits per heavy atom. The Balaban J connectivity index is 1.28. The highest BCUT2D eigenvalue weighted by molar-refractivity contribution is 5.98. The third-order valence-electron chi connectivity index (χ3n) is 8.97. The molecule has 0 saturated carbocycles. The summed E-state index contributed by atoms with van der Waals surface area (Å²) in [4.78, 5) is 50.1. The second-order valence-electron chi connectivity index (χ2n) is 15.0. The number of aromatic nitrogens is 2. The largest absolute Gasteiger partial charge is 0.374 e. The fourth-order valence-electron chi connectivity index (χ4n) is 6.10. The van der Waals surface area contributed by atoms with Gasteiger partial charge in [-0.25, -0.2) is 4.98 Å². The zero-order valence-electron chi connectivity index (χ0n) is 31.8. The molecule has 2 unspecified atom stereocenters. The van der Waals surface area contributed by atoms with Gasteiger partial charge in [-0.2, -0.15) is 0 Å². The summed E-state index contributed by atoms with van der Waals surface area (Å²) in [5.41, 5.74) is 0.927. The molecule has 1 saturated heterocycles. The van der Waals surface area contributed by atoms with Gasteiger partial charge in [-0.05, 0) is 51.3 Å². The number of aliphatic hydroxyl groups is 1. The van der Waals surface area contributed by atoms with Crippen LogP contribution in [0.15, 0.2) is 104 Å². The molecule has 1 aliphatic heterocycles. The molecule has 4 aromatic rings. The van der Waals surface area contributed by atoms with E-state index in [-0.39, 0.29) is 24.9 Å². The molecule has 1 fully saturated rings. The third-order valence-corrected chi connectivity index (χ3v) is 8.97. The highest BCUT2D eigenvalue weighted by Crippen LogP contribution is 2.24. The van der Waals surface area contributed by atoms with Crippen molar-refractivity contribution in [3.8, 4) is 0 Å². The van der Waals surface area contributed by atoms with Crippen LogP contribution >= 0.6 is 0 Å². The SMILES string of the molecule is CC(C)(C)OC(O)NC(C)(C)C(=O)N[C@H](COCc1ccccc1)C(=O)Nc1cn(C(C(=O)N2CCN(Cc3ccccc3)CC2)c2ccccc2)cn1. The van der Waals surface area contributed by atoms with Crippen LogP contribution in [0.1, 0.15) is 57.4 Å². The maximum absolute atomic E-state index is 14.2. The number of rotatable bonds is 16.